The van der Waals surface area contributed by atoms with Crippen molar-refractivity contribution in [3.05, 3.63) is 17.7 Å². The van der Waals surface area contributed by atoms with Crippen molar-refractivity contribution in [1.82, 2.24) is 0 Å². The van der Waals surface area contributed by atoms with Crippen LogP contribution in [0.4, 0.5) is 18.9 Å². The molecule has 1 aliphatic rings. The minimum atomic E-state index is -4.87. The Morgan fingerprint density at radius 2 is 1.92 bits per heavy atom. The summed E-state index contributed by atoms with van der Waals surface area (Å²) in [5.74, 6) is -0.851. The van der Waals surface area contributed by atoms with Crippen LogP contribution in [0.5, 0.6) is 5.75 Å². The summed E-state index contributed by atoms with van der Waals surface area (Å²) in [7, 11) is -0.864. The summed E-state index contributed by atoms with van der Waals surface area (Å²) in [4.78, 5) is 11.6. The molecule has 9 heteroatoms. The summed E-state index contributed by atoms with van der Waals surface area (Å²) >= 11 is 0. The van der Waals surface area contributed by atoms with Crippen molar-refractivity contribution in [1.29, 1.82) is 0 Å². The monoisotopic (exact) mass is 359 g/mol. The maximum absolute atomic E-state index is 12.7. The molecule has 1 aliphatic heterocycles. The van der Waals surface area contributed by atoms with E-state index in [1.807, 2.05) is 20.8 Å². The zero-order chi connectivity index (χ0) is 18.8. The lowest BCUT2D eigenvalue weighted by Gasteiger charge is -2.28. The summed E-state index contributed by atoms with van der Waals surface area (Å²) in [6.07, 6.45) is -4.20. The molecule has 0 atom stereocenters. The maximum Gasteiger partial charge on any atom is 0.573 e. The molecule has 1 N–H and O–H groups in total. The molecule has 1 heterocycles. The van der Waals surface area contributed by atoms with Gasteiger partial charge in [0.15, 0.2) is 5.75 Å². The number of amides is 1. The van der Waals surface area contributed by atoms with E-state index < -0.39 is 24.8 Å². The molecule has 0 aromatic heterocycles. The van der Waals surface area contributed by atoms with Crippen molar-refractivity contribution in [2.45, 2.75) is 52.5 Å². The highest BCUT2D eigenvalue weighted by Crippen LogP contribution is 2.36. The molecule has 0 spiro atoms. The molecule has 0 saturated carbocycles. The average Bonchev–Trinajstić information content (AvgIpc) is 2.86. The van der Waals surface area contributed by atoms with Gasteiger partial charge in [-0.3, -0.25) is 4.79 Å². The Labute approximate surface area is 145 Å². The first-order valence-electron chi connectivity index (χ1n) is 8.06. The van der Waals surface area contributed by atoms with Crippen LogP contribution in [0.15, 0.2) is 12.1 Å². The summed E-state index contributed by atoms with van der Waals surface area (Å²) in [6.45, 7) is 7.75. The quantitative estimate of drug-likeness (QED) is 0.761. The number of benzene rings is 1. The number of carbonyl (C=O) groups excluding carboxylic acids is 1. The molecule has 1 aromatic rings. The Morgan fingerprint density at radius 3 is 2.48 bits per heavy atom. The molecule has 25 heavy (non-hydrogen) atoms. The molecule has 0 aliphatic carbocycles. The van der Waals surface area contributed by atoms with Crippen LogP contribution >= 0.6 is 0 Å². The second kappa shape index (κ2) is 7.25. The molecule has 138 valence electrons. The van der Waals surface area contributed by atoms with Gasteiger partial charge in [0, 0.05) is 12.2 Å². The highest BCUT2D eigenvalue weighted by Gasteiger charge is 2.37. The maximum atomic E-state index is 12.7. The van der Waals surface area contributed by atoms with E-state index in [4.69, 9.17) is 9.31 Å². The normalized spacial score (nSPS) is 14.3. The van der Waals surface area contributed by atoms with E-state index in [1.165, 1.54) is 6.07 Å². The Balaban J connectivity index is 2.43. The third kappa shape index (κ3) is 5.12. The first-order valence-corrected chi connectivity index (χ1v) is 8.06. The van der Waals surface area contributed by atoms with Crippen LogP contribution in [0.3, 0.4) is 0 Å². The number of rotatable bonds is 7. The standard InChI is InChI=1S/C16H21BF3NO4/c1-5-15(3,4)25-17(23-6-2)11-7-10-8-13(22)21-14(10)12(9-11)24-16(18,19)20/h7,9H,5-6,8H2,1-4H3,(H,21,22). The topological polar surface area (TPSA) is 56.8 Å². The van der Waals surface area contributed by atoms with Crippen LogP contribution in [-0.2, 0) is 20.5 Å². The lowest BCUT2D eigenvalue weighted by Crippen LogP contribution is -2.44. The van der Waals surface area contributed by atoms with Crippen molar-refractivity contribution in [2.75, 3.05) is 11.9 Å². The molecular weight excluding hydrogens is 338 g/mol. The molecule has 0 fully saturated rings. The Bertz CT molecular complexity index is 649. The van der Waals surface area contributed by atoms with Crippen LogP contribution in [0.25, 0.3) is 0 Å². The molecule has 2 rings (SSSR count). The molecule has 1 amide bonds. The van der Waals surface area contributed by atoms with E-state index in [0.717, 1.165) is 0 Å². The van der Waals surface area contributed by atoms with Gasteiger partial charge in [0.2, 0.25) is 5.91 Å². The lowest BCUT2D eigenvalue weighted by atomic mass is 9.76. The lowest BCUT2D eigenvalue weighted by molar-refractivity contribution is -0.274. The molecule has 1 aromatic carbocycles. The molecule has 0 unspecified atom stereocenters. The third-order valence-electron chi connectivity index (χ3n) is 3.92. The van der Waals surface area contributed by atoms with Gasteiger partial charge < -0.3 is 19.4 Å². The van der Waals surface area contributed by atoms with Gasteiger partial charge in [-0.1, -0.05) is 13.0 Å². The van der Waals surface area contributed by atoms with Crippen molar-refractivity contribution in [3.63, 3.8) is 0 Å². The summed E-state index contributed by atoms with van der Waals surface area (Å²) in [5.41, 5.74) is 0.302. The third-order valence-corrected chi connectivity index (χ3v) is 3.92. The second-order valence-corrected chi connectivity index (χ2v) is 6.34. The van der Waals surface area contributed by atoms with Crippen molar-refractivity contribution in [3.8, 4) is 5.75 Å². The zero-order valence-corrected chi connectivity index (χ0v) is 14.6. The Hall–Kier alpha value is -1.74. The number of alkyl halides is 3. The number of hydrogen-bond acceptors (Lipinski definition) is 4. The van der Waals surface area contributed by atoms with E-state index in [9.17, 15) is 18.0 Å². The smallest absolute Gasteiger partial charge is 0.408 e. The number of anilines is 1. The van der Waals surface area contributed by atoms with E-state index in [2.05, 4.69) is 10.1 Å². The Morgan fingerprint density at radius 1 is 1.24 bits per heavy atom. The summed E-state index contributed by atoms with van der Waals surface area (Å²) < 4.78 is 53.7. The van der Waals surface area contributed by atoms with Crippen molar-refractivity contribution < 1.29 is 32.0 Å². The van der Waals surface area contributed by atoms with Gasteiger partial charge in [0.05, 0.1) is 12.1 Å². The first kappa shape index (κ1) is 19.6. The number of halogens is 3. The van der Waals surface area contributed by atoms with Crippen LogP contribution in [-0.4, -0.2) is 31.6 Å². The molecule has 5 nitrogen and oxygen atoms in total. The fourth-order valence-electron chi connectivity index (χ4n) is 2.40. The molecule has 0 saturated heterocycles. The molecular formula is C16H21BF3NO4. The SMILES string of the molecule is CCOB(OC(C)(C)CC)c1cc2c(c(OC(F)(F)F)c1)NC(=O)C2. The zero-order valence-electron chi connectivity index (χ0n) is 14.6. The fourth-order valence-corrected chi connectivity index (χ4v) is 2.40. The predicted molar refractivity (Wildman–Crippen MR) is 87.9 cm³/mol. The van der Waals surface area contributed by atoms with Gasteiger partial charge in [0.1, 0.15) is 0 Å². The van der Waals surface area contributed by atoms with E-state index in [-0.39, 0.29) is 18.0 Å². The van der Waals surface area contributed by atoms with Crippen LogP contribution in [0.2, 0.25) is 0 Å². The van der Waals surface area contributed by atoms with Gasteiger partial charge >= 0.3 is 13.5 Å². The number of fused-ring (bicyclic) bond motifs is 1. The van der Waals surface area contributed by atoms with Gasteiger partial charge in [0.25, 0.3) is 0 Å². The predicted octanol–water partition coefficient (Wildman–Crippen LogP) is 3.02. The largest absolute Gasteiger partial charge is 0.573 e. The molecule has 0 radical (unpaired) electrons. The van der Waals surface area contributed by atoms with Crippen LogP contribution in [0, 0.1) is 0 Å². The minimum Gasteiger partial charge on any atom is -0.408 e. The van der Waals surface area contributed by atoms with Gasteiger partial charge in [-0.2, -0.15) is 0 Å². The van der Waals surface area contributed by atoms with Crippen LogP contribution < -0.4 is 15.5 Å². The summed E-state index contributed by atoms with van der Waals surface area (Å²) in [5, 5.41) is 2.40. The van der Waals surface area contributed by atoms with Crippen molar-refractivity contribution >= 4 is 24.2 Å². The minimum absolute atomic E-state index is 0.0204. The van der Waals surface area contributed by atoms with E-state index >= 15 is 0 Å². The van der Waals surface area contributed by atoms with Crippen molar-refractivity contribution in [2.24, 2.45) is 0 Å². The van der Waals surface area contributed by atoms with Gasteiger partial charge in [-0.05, 0) is 44.3 Å². The van der Waals surface area contributed by atoms with Gasteiger partial charge in [-0.25, -0.2) is 0 Å². The first-order chi connectivity index (χ1) is 11.5. The molecule has 0 bridgehead atoms. The van der Waals surface area contributed by atoms with E-state index in [1.54, 1.807) is 13.0 Å². The second-order valence-electron chi connectivity index (χ2n) is 6.34. The highest BCUT2D eigenvalue weighted by atomic mass is 19.4. The highest BCUT2D eigenvalue weighted by molar-refractivity contribution is 6.61. The number of nitrogens with one attached hydrogen (secondary N) is 1. The summed E-state index contributed by atoms with van der Waals surface area (Å²) in [6, 6.07) is 2.81. The average molecular weight is 359 g/mol. The Kier molecular flexibility index (Phi) is 5.68. The van der Waals surface area contributed by atoms with Gasteiger partial charge in [-0.15, -0.1) is 13.2 Å². The van der Waals surface area contributed by atoms with Crippen LogP contribution in [0.1, 0.15) is 39.7 Å². The van der Waals surface area contributed by atoms with E-state index in [0.29, 0.717) is 24.1 Å². The number of hydrogen-bond donors (Lipinski definition) is 1. The number of carbonyl (C=O) groups is 1. The number of ether oxygens (including phenoxy) is 1. The fraction of sp³-hybridized carbons (Fsp3) is 0.562.